The summed E-state index contributed by atoms with van der Waals surface area (Å²) in [6.07, 6.45) is 4.93. The van der Waals surface area contributed by atoms with Gasteiger partial charge in [0.2, 0.25) is 0 Å². The first-order valence-electron chi connectivity index (χ1n) is 8.74. The maximum Gasteiger partial charge on any atom is 0.274 e. The van der Waals surface area contributed by atoms with Crippen molar-refractivity contribution in [2.45, 2.75) is 24.5 Å². The molecule has 2 aromatic rings. The van der Waals surface area contributed by atoms with E-state index < -0.39 is 17.5 Å². The minimum atomic E-state index is -0.588. The van der Waals surface area contributed by atoms with Crippen LogP contribution in [-0.4, -0.2) is 58.5 Å². The molecule has 140 valence electrons. The fourth-order valence-corrected chi connectivity index (χ4v) is 4.09. The molecule has 0 bridgehead atoms. The number of methoxy groups -OCH3 is 1. The quantitative estimate of drug-likeness (QED) is 0.768. The highest BCUT2D eigenvalue weighted by molar-refractivity contribution is 6.07. The third kappa shape index (κ3) is 2.76. The minimum absolute atomic E-state index is 0.184. The molecular formula is C19H19FN4O3. The van der Waals surface area contributed by atoms with Crippen molar-refractivity contribution in [3.05, 3.63) is 54.4 Å². The third-order valence-electron chi connectivity index (χ3n) is 5.38. The Morgan fingerprint density at radius 1 is 1.30 bits per heavy atom. The van der Waals surface area contributed by atoms with Gasteiger partial charge in [0.1, 0.15) is 11.5 Å². The molecule has 7 nitrogen and oxygen atoms in total. The molecule has 1 aromatic heterocycles. The van der Waals surface area contributed by atoms with Crippen LogP contribution in [0.25, 0.3) is 0 Å². The smallest absolute Gasteiger partial charge is 0.274 e. The van der Waals surface area contributed by atoms with Gasteiger partial charge in [-0.2, -0.15) is 0 Å². The van der Waals surface area contributed by atoms with E-state index in [9.17, 15) is 14.0 Å². The molecule has 4 rings (SSSR count). The van der Waals surface area contributed by atoms with Crippen LogP contribution in [0.15, 0.2) is 42.9 Å². The minimum Gasteiger partial charge on any atom is -0.369 e. The predicted octanol–water partition coefficient (Wildman–Crippen LogP) is 1.65. The van der Waals surface area contributed by atoms with E-state index in [0.717, 1.165) is 0 Å². The fourth-order valence-electron chi connectivity index (χ4n) is 4.09. The molecule has 0 N–H and O–H groups in total. The molecular weight excluding hydrogens is 351 g/mol. The highest BCUT2D eigenvalue weighted by Gasteiger charge is 2.62. The Hall–Kier alpha value is -2.87. The first-order chi connectivity index (χ1) is 13.1. The lowest BCUT2D eigenvalue weighted by Gasteiger charge is -2.59. The largest absolute Gasteiger partial charge is 0.369 e. The van der Waals surface area contributed by atoms with E-state index in [-0.39, 0.29) is 11.8 Å². The highest BCUT2D eigenvalue weighted by Crippen LogP contribution is 2.45. The number of ether oxygens (including phenoxy) is 1. The summed E-state index contributed by atoms with van der Waals surface area (Å²) in [4.78, 5) is 36.5. The number of piperidine rings is 1. The number of anilines is 1. The molecule has 1 aromatic carbocycles. The zero-order chi connectivity index (χ0) is 19.0. The van der Waals surface area contributed by atoms with Crippen LogP contribution in [0, 0.1) is 5.82 Å². The Labute approximate surface area is 155 Å². The molecule has 2 aliphatic heterocycles. The lowest BCUT2D eigenvalue weighted by molar-refractivity contribution is -0.150. The summed E-state index contributed by atoms with van der Waals surface area (Å²) in [5.74, 6) is -0.766. The second-order valence-electron chi connectivity index (χ2n) is 6.76. The molecule has 0 saturated carbocycles. The third-order valence-corrected chi connectivity index (χ3v) is 5.38. The number of benzene rings is 1. The van der Waals surface area contributed by atoms with Crippen molar-refractivity contribution in [1.82, 2.24) is 14.9 Å². The average molecular weight is 370 g/mol. The predicted molar refractivity (Wildman–Crippen MR) is 94.6 cm³/mol. The molecule has 1 spiro atoms. The maximum absolute atomic E-state index is 13.7. The summed E-state index contributed by atoms with van der Waals surface area (Å²) < 4.78 is 19.1. The van der Waals surface area contributed by atoms with E-state index in [1.807, 2.05) is 0 Å². The van der Waals surface area contributed by atoms with E-state index in [1.165, 1.54) is 37.8 Å². The summed E-state index contributed by atoms with van der Waals surface area (Å²) in [6, 6.07) is 5.99. The van der Waals surface area contributed by atoms with Gasteiger partial charge in [-0.1, -0.05) is 6.07 Å². The van der Waals surface area contributed by atoms with Crippen molar-refractivity contribution < 1.29 is 18.7 Å². The van der Waals surface area contributed by atoms with Crippen LogP contribution in [0.3, 0.4) is 0 Å². The van der Waals surface area contributed by atoms with Gasteiger partial charge in [0, 0.05) is 38.3 Å². The van der Waals surface area contributed by atoms with E-state index in [2.05, 4.69) is 9.97 Å². The number of amides is 2. The standard InChI is InChI=1S/C19H19FN4O3/c1-27-16-18(26)24(14-4-2-3-13(20)11-14)19(16)5-9-23(10-6-19)17(25)15-12-21-7-8-22-15/h2-4,7-8,11-12,16H,5-6,9-10H2,1H3. The number of hydrogen-bond donors (Lipinski definition) is 0. The van der Waals surface area contributed by atoms with Crippen LogP contribution in [0.5, 0.6) is 0 Å². The summed E-state index contributed by atoms with van der Waals surface area (Å²) in [7, 11) is 1.50. The number of hydrogen-bond acceptors (Lipinski definition) is 5. The zero-order valence-electron chi connectivity index (χ0n) is 14.8. The van der Waals surface area contributed by atoms with Crippen molar-refractivity contribution in [1.29, 1.82) is 0 Å². The molecule has 3 heterocycles. The molecule has 2 saturated heterocycles. The second kappa shape index (κ2) is 6.70. The van der Waals surface area contributed by atoms with Crippen LogP contribution < -0.4 is 4.90 Å². The number of aromatic nitrogens is 2. The van der Waals surface area contributed by atoms with Gasteiger partial charge < -0.3 is 14.5 Å². The summed E-state index contributed by atoms with van der Waals surface area (Å²) in [5, 5.41) is 0. The fraction of sp³-hybridized carbons (Fsp3) is 0.368. The van der Waals surface area contributed by atoms with Gasteiger partial charge in [-0.3, -0.25) is 14.6 Å². The van der Waals surface area contributed by atoms with Crippen LogP contribution in [-0.2, 0) is 9.53 Å². The number of carbonyl (C=O) groups is 2. The van der Waals surface area contributed by atoms with Crippen molar-refractivity contribution in [3.63, 3.8) is 0 Å². The van der Waals surface area contributed by atoms with Gasteiger partial charge in [0.25, 0.3) is 11.8 Å². The Morgan fingerprint density at radius 2 is 2.07 bits per heavy atom. The molecule has 8 heteroatoms. The van der Waals surface area contributed by atoms with Crippen molar-refractivity contribution in [2.24, 2.45) is 0 Å². The molecule has 2 fully saturated rings. The van der Waals surface area contributed by atoms with Crippen molar-refractivity contribution >= 4 is 17.5 Å². The number of carbonyl (C=O) groups excluding carboxylic acids is 2. The molecule has 1 atom stereocenters. The van der Waals surface area contributed by atoms with Gasteiger partial charge in [-0.25, -0.2) is 9.37 Å². The molecule has 1 unspecified atom stereocenters. The average Bonchev–Trinajstić information content (AvgIpc) is 2.69. The number of halogens is 1. The number of rotatable bonds is 3. The Kier molecular flexibility index (Phi) is 4.35. The molecule has 2 amide bonds. The lowest BCUT2D eigenvalue weighted by atomic mass is 9.72. The number of likely N-dealkylation sites (tertiary alicyclic amines) is 1. The molecule has 27 heavy (non-hydrogen) atoms. The SMILES string of the molecule is COC1C(=O)N(c2cccc(F)c2)C12CCN(C(=O)c1cnccn1)CC2. The summed E-state index contributed by atoms with van der Waals surface area (Å²) in [5.41, 5.74) is 0.240. The van der Waals surface area contributed by atoms with Gasteiger partial charge in [-0.05, 0) is 31.0 Å². The van der Waals surface area contributed by atoms with Crippen LogP contribution >= 0.6 is 0 Å². The van der Waals surface area contributed by atoms with Crippen LogP contribution in [0.2, 0.25) is 0 Å². The molecule has 2 aliphatic rings. The van der Waals surface area contributed by atoms with E-state index in [0.29, 0.717) is 37.3 Å². The monoisotopic (exact) mass is 370 g/mol. The van der Waals surface area contributed by atoms with Gasteiger partial charge >= 0.3 is 0 Å². The second-order valence-corrected chi connectivity index (χ2v) is 6.76. The highest BCUT2D eigenvalue weighted by atomic mass is 19.1. The maximum atomic E-state index is 13.7. The lowest BCUT2D eigenvalue weighted by Crippen LogP contribution is -2.78. The molecule has 0 aliphatic carbocycles. The van der Waals surface area contributed by atoms with Crippen LogP contribution in [0.1, 0.15) is 23.3 Å². The van der Waals surface area contributed by atoms with Crippen molar-refractivity contribution in [2.75, 3.05) is 25.1 Å². The normalized spacial score (nSPS) is 21.3. The van der Waals surface area contributed by atoms with E-state index in [1.54, 1.807) is 21.9 Å². The van der Waals surface area contributed by atoms with E-state index >= 15 is 0 Å². The van der Waals surface area contributed by atoms with Crippen LogP contribution in [0.4, 0.5) is 10.1 Å². The van der Waals surface area contributed by atoms with Gasteiger partial charge in [0.15, 0.2) is 6.10 Å². The zero-order valence-corrected chi connectivity index (χ0v) is 14.8. The summed E-state index contributed by atoms with van der Waals surface area (Å²) >= 11 is 0. The number of nitrogens with zero attached hydrogens (tertiary/aromatic N) is 4. The topological polar surface area (TPSA) is 75.6 Å². The van der Waals surface area contributed by atoms with Crippen molar-refractivity contribution in [3.8, 4) is 0 Å². The van der Waals surface area contributed by atoms with Gasteiger partial charge in [0.05, 0.1) is 11.7 Å². The first kappa shape index (κ1) is 17.5. The Bertz CT molecular complexity index is 868. The first-order valence-corrected chi connectivity index (χ1v) is 8.74. The Balaban J connectivity index is 1.56. The van der Waals surface area contributed by atoms with E-state index in [4.69, 9.17) is 4.74 Å². The Morgan fingerprint density at radius 3 is 2.70 bits per heavy atom. The summed E-state index contributed by atoms with van der Waals surface area (Å²) in [6.45, 7) is 0.905. The van der Waals surface area contributed by atoms with Gasteiger partial charge in [-0.15, -0.1) is 0 Å². The molecule has 0 radical (unpaired) electrons. The number of β-lactam (4-membered cyclic amide) rings is 1.